The van der Waals surface area contributed by atoms with Gasteiger partial charge in [0.05, 0.1) is 5.02 Å². The van der Waals surface area contributed by atoms with Crippen LogP contribution in [0.3, 0.4) is 0 Å². The fraction of sp³-hybridized carbons (Fsp3) is 0.286. The second kappa shape index (κ2) is 6.89. The molecule has 0 saturated heterocycles. The topological polar surface area (TPSA) is 37.8 Å². The molecule has 1 atom stereocenters. The number of aromatic nitrogens is 2. The number of halogens is 1. The van der Waals surface area contributed by atoms with Gasteiger partial charge in [0, 0.05) is 23.3 Å². The lowest BCUT2D eigenvalue weighted by atomic mass is 10.1. The Morgan fingerprint density at radius 1 is 1.32 bits per heavy atom. The maximum Gasteiger partial charge on any atom is 0.192 e. The van der Waals surface area contributed by atoms with Gasteiger partial charge in [-0.2, -0.15) is 0 Å². The van der Waals surface area contributed by atoms with Crippen LogP contribution in [0.1, 0.15) is 25.5 Å². The molecule has 100 valence electrons. The Kier molecular flexibility index (Phi) is 5.19. The summed E-state index contributed by atoms with van der Waals surface area (Å²) in [5.74, 6) is 0. The highest BCUT2D eigenvalue weighted by Gasteiger charge is 2.09. The molecular formula is C14H16ClN3S. The molecule has 0 radical (unpaired) electrons. The van der Waals surface area contributed by atoms with Gasteiger partial charge in [-0.1, -0.05) is 24.6 Å². The van der Waals surface area contributed by atoms with Crippen LogP contribution in [0.5, 0.6) is 0 Å². The zero-order valence-electron chi connectivity index (χ0n) is 10.9. The van der Waals surface area contributed by atoms with Crippen molar-refractivity contribution in [3.8, 4) is 0 Å². The lowest BCUT2D eigenvalue weighted by Crippen LogP contribution is -2.17. The Morgan fingerprint density at radius 2 is 2.05 bits per heavy atom. The van der Waals surface area contributed by atoms with Crippen LogP contribution in [0.2, 0.25) is 5.02 Å². The largest absolute Gasteiger partial charge is 0.310 e. The lowest BCUT2D eigenvalue weighted by Gasteiger charge is -2.14. The van der Waals surface area contributed by atoms with E-state index in [1.54, 1.807) is 18.5 Å². The maximum atomic E-state index is 6.32. The summed E-state index contributed by atoms with van der Waals surface area (Å²) in [6.07, 6.45) is 3.45. The average molecular weight is 294 g/mol. The van der Waals surface area contributed by atoms with Gasteiger partial charge >= 0.3 is 0 Å². The second-order valence-corrected chi connectivity index (χ2v) is 5.52. The fourth-order valence-electron chi connectivity index (χ4n) is 1.73. The minimum atomic E-state index is 0.300. The molecule has 19 heavy (non-hydrogen) atoms. The summed E-state index contributed by atoms with van der Waals surface area (Å²) < 4.78 is 0. The summed E-state index contributed by atoms with van der Waals surface area (Å²) >= 11 is 7.79. The van der Waals surface area contributed by atoms with Gasteiger partial charge in [0.15, 0.2) is 5.16 Å². The van der Waals surface area contributed by atoms with Crippen molar-refractivity contribution in [1.29, 1.82) is 0 Å². The van der Waals surface area contributed by atoms with E-state index in [1.165, 1.54) is 17.3 Å². The molecule has 1 N–H and O–H groups in total. The molecule has 1 heterocycles. The number of benzene rings is 1. The normalized spacial score (nSPS) is 12.4. The molecule has 0 bridgehead atoms. The van der Waals surface area contributed by atoms with E-state index in [1.807, 2.05) is 12.1 Å². The summed E-state index contributed by atoms with van der Waals surface area (Å²) in [7, 11) is 0. The number of nitrogens with one attached hydrogen (secondary N) is 1. The minimum absolute atomic E-state index is 0.300. The molecule has 1 aromatic carbocycles. The fourth-order valence-corrected chi connectivity index (χ4v) is 2.75. The zero-order valence-corrected chi connectivity index (χ0v) is 12.5. The van der Waals surface area contributed by atoms with Crippen molar-refractivity contribution in [3.63, 3.8) is 0 Å². The van der Waals surface area contributed by atoms with E-state index in [4.69, 9.17) is 11.6 Å². The average Bonchev–Trinajstić information content (AvgIpc) is 2.42. The van der Waals surface area contributed by atoms with Gasteiger partial charge in [0.25, 0.3) is 0 Å². The van der Waals surface area contributed by atoms with Crippen molar-refractivity contribution in [1.82, 2.24) is 15.3 Å². The molecule has 0 aliphatic carbocycles. The SMILES string of the molecule is CCNC(C)c1ccc(Sc2ncccn2)c(Cl)c1. The van der Waals surface area contributed by atoms with Crippen molar-refractivity contribution in [3.05, 3.63) is 47.2 Å². The van der Waals surface area contributed by atoms with Gasteiger partial charge in [0.1, 0.15) is 0 Å². The molecule has 5 heteroatoms. The zero-order chi connectivity index (χ0) is 13.7. The second-order valence-electron chi connectivity index (χ2n) is 4.10. The van der Waals surface area contributed by atoms with E-state index in [0.29, 0.717) is 11.2 Å². The van der Waals surface area contributed by atoms with Gasteiger partial charge in [-0.3, -0.25) is 0 Å². The Hall–Kier alpha value is -1.10. The third kappa shape index (κ3) is 3.93. The molecule has 1 unspecified atom stereocenters. The van der Waals surface area contributed by atoms with E-state index < -0.39 is 0 Å². The first-order valence-corrected chi connectivity index (χ1v) is 7.38. The molecule has 2 rings (SSSR count). The standard InChI is InChI=1S/C14H16ClN3S/c1-3-16-10(2)11-5-6-13(12(15)9-11)19-14-17-7-4-8-18-14/h4-10,16H,3H2,1-2H3. The first-order chi connectivity index (χ1) is 9.20. The molecule has 1 aromatic heterocycles. The van der Waals surface area contributed by atoms with Crippen molar-refractivity contribution in [2.45, 2.75) is 29.9 Å². The summed E-state index contributed by atoms with van der Waals surface area (Å²) in [5.41, 5.74) is 1.19. The van der Waals surface area contributed by atoms with Gasteiger partial charge in [0.2, 0.25) is 0 Å². The van der Waals surface area contributed by atoms with Gasteiger partial charge in [-0.25, -0.2) is 9.97 Å². The Balaban J connectivity index is 2.15. The van der Waals surface area contributed by atoms with Crippen molar-refractivity contribution in [2.75, 3.05) is 6.54 Å². The summed E-state index contributed by atoms with van der Waals surface area (Å²) in [4.78, 5) is 9.34. The number of nitrogens with zero attached hydrogens (tertiary/aromatic N) is 2. The van der Waals surface area contributed by atoms with Crippen LogP contribution in [0.25, 0.3) is 0 Å². The predicted octanol–water partition coefficient (Wildman–Crippen LogP) is 3.95. The van der Waals surface area contributed by atoms with Gasteiger partial charge in [-0.05, 0) is 49.0 Å². The third-order valence-electron chi connectivity index (χ3n) is 2.71. The van der Waals surface area contributed by atoms with Crippen molar-refractivity contribution >= 4 is 23.4 Å². The van der Waals surface area contributed by atoms with Crippen LogP contribution in [-0.4, -0.2) is 16.5 Å². The highest BCUT2D eigenvalue weighted by atomic mass is 35.5. The number of hydrogen-bond donors (Lipinski definition) is 1. The van der Waals surface area contributed by atoms with Crippen LogP contribution in [0, 0.1) is 0 Å². The highest BCUT2D eigenvalue weighted by Crippen LogP contribution is 2.32. The highest BCUT2D eigenvalue weighted by molar-refractivity contribution is 7.99. The van der Waals surface area contributed by atoms with Crippen LogP contribution < -0.4 is 5.32 Å². The molecule has 3 nitrogen and oxygen atoms in total. The Bertz CT molecular complexity index is 533. The molecule has 0 aliphatic heterocycles. The smallest absolute Gasteiger partial charge is 0.192 e. The van der Waals surface area contributed by atoms with Crippen molar-refractivity contribution < 1.29 is 0 Å². The summed E-state index contributed by atoms with van der Waals surface area (Å²) in [6, 6.07) is 8.21. The van der Waals surface area contributed by atoms with Crippen LogP contribution in [-0.2, 0) is 0 Å². The van der Waals surface area contributed by atoms with Gasteiger partial charge in [-0.15, -0.1) is 0 Å². The molecule has 0 spiro atoms. The first-order valence-electron chi connectivity index (χ1n) is 6.18. The monoisotopic (exact) mass is 293 g/mol. The quantitative estimate of drug-likeness (QED) is 0.847. The van der Waals surface area contributed by atoms with E-state index in [0.717, 1.165) is 16.5 Å². The minimum Gasteiger partial charge on any atom is -0.310 e. The molecular weight excluding hydrogens is 278 g/mol. The lowest BCUT2D eigenvalue weighted by molar-refractivity contribution is 0.598. The van der Waals surface area contributed by atoms with E-state index in [2.05, 4.69) is 35.2 Å². The maximum absolute atomic E-state index is 6.32. The third-order valence-corrected chi connectivity index (χ3v) is 4.10. The van der Waals surface area contributed by atoms with E-state index >= 15 is 0 Å². The Labute approximate surface area is 122 Å². The van der Waals surface area contributed by atoms with E-state index in [-0.39, 0.29) is 0 Å². The van der Waals surface area contributed by atoms with Crippen LogP contribution in [0.4, 0.5) is 0 Å². The predicted molar refractivity (Wildman–Crippen MR) is 79.7 cm³/mol. The van der Waals surface area contributed by atoms with Crippen LogP contribution >= 0.6 is 23.4 Å². The summed E-state index contributed by atoms with van der Waals surface area (Å²) in [5, 5.41) is 4.81. The molecule has 0 aliphatic rings. The molecule has 0 fully saturated rings. The Morgan fingerprint density at radius 3 is 2.68 bits per heavy atom. The summed E-state index contributed by atoms with van der Waals surface area (Å²) in [6.45, 7) is 5.16. The first kappa shape index (κ1) is 14.3. The van der Waals surface area contributed by atoms with Crippen molar-refractivity contribution in [2.24, 2.45) is 0 Å². The molecule has 0 amide bonds. The molecule has 0 saturated carbocycles. The van der Waals surface area contributed by atoms with Gasteiger partial charge < -0.3 is 5.32 Å². The van der Waals surface area contributed by atoms with E-state index in [9.17, 15) is 0 Å². The number of rotatable bonds is 5. The van der Waals surface area contributed by atoms with Crippen LogP contribution in [0.15, 0.2) is 46.7 Å². The number of hydrogen-bond acceptors (Lipinski definition) is 4. The molecule has 2 aromatic rings.